The van der Waals surface area contributed by atoms with Crippen LogP contribution < -0.4 is 5.32 Å². The fourth-order valence-corrected chi connectivity index (χ4v) is 4.34. The molecule has 3 rings (SSSR count). The Hall–Kier alpha value is -1.06. The van der Waals surface area contributed by atoms with Gasteiger partial charge in [0, 0.05) is 22.2 Å². The second kappa shape index (κ2) is 6.59. The molecular weight excluding hydrogens is 266 g/mol. The molecule has 2 nitrogen and oxygen atoms in total. The number of hydrogen-bond donors (Lipinski definition) is 1. The fourth-order valence-electron chi connectivity index (χ4n) is 3.01. The Bertz CT molecular complexity index is 506. The van der Waals surface area contributed by atoms with E-state index in [1.165, 1.54) is 37.0 Å². The van der Waals surface area contributed by atoms with Crippen molar-refractivity contribution in [3.8, 4) is 0 Å². The first-order chi connectivity index (χ1) is 9.86. The summed E-state index contributed by atoms with van der Waals surface area (Å²) in [5.74, 6) is 1.07. The predicted octanol–water partition coefficient (Wildman–Crippen LogP) is 4.50. The Kier molecular flexibility index (Phi) is 4.58. The van der Waals surface area contributed by atoms with Crippen LogP contribution in [0.3, 0.4) is 0 Å². The molecule has 0 amide bonds. The summed E-state index contributed by atoms with van der Waals surface area (Å²) in [6, 6.07) is 6.88. The van der Waals surface area contributed by atoms with Gasteiger partial charge < -0.3 is 9.73 Å². The van der Waals surface area contributed by atoms with Crippen LogP contribution in [0, 0.1) is 0 Å². The maximum atomic E-state index is 5.52. The Labute approximate surface area is 125 Å². The molecule has 1 N–H and O–H groups in total. The van der Waals surface area contributed by atoms with E-state index < -0.39 is 0 Å². The SMILES string of the molecule is CCNC(Cc1ccco1)c1cc2c(s1)CCCCC2. The molecule has 0 saturated carbocycles. The minimum Gasteiger partial charge on any atom is -0.469 e. The molecule has 1 aliphatic rings. The molecule has 0 aromatic carbocycles. The number of thiophene rings is 1. The summed E-state index contributed by atoms with van der Waals surface area (Å²) in [6.45, 7) is 3.17. The van der Waals surface area contributed by atoms with Crippen molar-refractivity contribution in [1.82, 2.24) is 5.32 Å². The van der Waals surface area contributed by atoms with Crippen LogP contribution in [0.15, 0.2) is 28.9 Å². The predicted molar refractivity (Wildman–Crippen MR) is 84.4 cm³/mol. The van der Waals surface area contributed by atoms with E-state index in [9.17, 15) is 0 Å². The van der Waals surface area contributed by atoms with Gasteiger partial charge >= 0.3 is 0 Å². The van der Waals surface area contributed by atoms with Crippen molar-refractivity contribution in [3.05, 3.63) is 45.5 Å². The van der Waals surface area contributed by atoms with Gasteiger partial charge in [0.05, 0.1) is 6.26 Å². The summed E-state index contributed by atoms with van der Waals surface area (Å²) in [5.41, 5.74) is 1.60. The highest BCUT2D eigenvalue weighted by atomic mass is 32.1. The minimum atomic E-state index is 0.392. The third-order valence-electron chi connectivity index (χ3n) is 4.05. The van der Waals surface area contributed by atoms with Gasteiger partial charge in [-0.3, -0.25) is 0 Å². The normalized spacial score (nSPS) is 16.6. The number of aryl methyl sites for hydroxylation is 2. The van der Waals surface area contributed by atoms with Crippen LogP contribution in [0.5, 0.6) is 0 Å². The van der Waals surface area contributed by atoms with Gasteiger partial charge in [-0.05, 0) is 56.0 Å². The number of hydrogen-bond acceptors (Lipinski definition) is 3. The van der Waals surface area contributed by atoms with Gasteiger partial charge in [0.2, 0.25) is 0 Å². The molecule has 0 saturated heterocycles. The largest absolute Gasteiger partial charge is 0.469 e. The molecular formula is C17H23NOS. The van der Waals surface area contributed by atoms with E-state index >= 15 is 0 Å². The molecule has 1 aliphatic carbocycles. The Balaban J connectivity index is 1.80. The summed E-state index contributed by atoms with van der Waals surface area (Å²) >= 11 is 2.01. The summed E-state index contributed by atoms with van der Waals surface area (Å²) in [4.78, 5) is 3.11. The first-order valence-electron chi connectivity index (χ1n) is 7.74. The number of rotatable bonds is 5. The Morgan fingerprint density at radius 2 is 2.20 bits per heavy atom. The van der Waals surface area contributed by atoms with Gasteiger partial charge in [-0.25, -0.2) is 0 Å². The summed E-state index contributed by atoms with van der Waals surface area (Å²) in [7, 11) is 0. The van der Waals surface area contributed by atoms with E-state index in [-0.39, 0.29) is 0 Å². The van der Waals surface area contributed by atoms with Crippen molar-refractivity contribution in [2.45, 2.75) is 51.5 Å². The second-order valence-electron chi connectivity index (χ2n) is 5.55. The van der Waals surface area contributed by atoms with Gasteiger partial charge in [-0.2, -0.15) is 0 Å². The molecule has 0 aliphatic heterocycles. The van der Waals surface area contributed by atoms with Gasteiger partial charge in [0.15, 0.2) is 0 Å². The molecule has 2 heterocycles. The van der Waals surface area contributed by atoms with Crippen molar-refractivity contribution in [3.63, 3.8) is 0 Å². The standard InChI is InChI=1S/C17H23NOS/c1-2-18-15(12-14-8-6-10-19-14)17-11-13-7-4-3-5-9-16(13)20-17/h6,8,10-11,15,18H,2-5,7,9,12H2,1H3. The molecule has 0 bridgehead atoms. The Morgan fingerprint density at radius 3 is 3.00 bits per heavy atom. The molecule has 0 radical (unpaired) electrons. The van der Waals surface area contributed by atoms with Gasteiger partial charge in [-0.15, -0.1) is 11.3 Å². The highest BCUT2D eigenvalue weighted by molar-refractivity contribution is 7.12. The van der Waals surface area contributed by atoms with Crippen molar-refractivity contribution in [2.24, 2.45) is 0 Å². The number of likely N-dealkylation sites (N-methyl/N-ethyl adjacent to an activating group) is 1. The summed E-state index contributed by atoms with van der Waals surface area (Å²) < 4.78 is 5.52. The average Bonchev–Trinajstić information content (AvgIpc) is 3.04. The van der Waals surface area contributed by atoms with E-state index in [0.717, 1.165) is 18.7 Å². The number of furan rings is 1. The molecule has 0 fully saturated rings. The first-order valence-corrected chi connectivity index (χ1v) is 8.55. The second-order valence-corrected chi connectivity index (χ2v) is 6.72. The molecule has 2 aromatic heterocycles. The lowest BCUT2D eigenvalue weighted by atomic mass is 10.1. The highest BCUT2D eigenvalue weighted by Crippen LogP contribution is 2.33. The van der Waals surface area contributed by atoms with Crippen LogP contribution in [0.25, 0.3) is 0 Å². The van der Waals surface area contributed by atoms with Gasteiger partial charge in [0.1, 0.15) is 5.76 Å². The zero-order valence-corrected chi connectivity index (χ0v) is 13.0. The van der Waals surface area contributed by atoms with E-state index in [4.69, 9.17) is 4.42 Å². The molecule has 20 heavy (non-hydrogen) atoms. The number of nitrogens with one attached hydrogen (secondary N) is 1. The van der Waals surface area contributed by atoms with E-state index in [2.05, 4.69) is 24.4 Å². The van der Waals surface area contributed by atoms with Crippen LogP contribution in [0.4, 0.5) is 0 Å². The average molecular weight is 289 g/mol. The maximum Gasteiger partial charge on any atom is 0.105 e. The molecule has 0 spiro atoms. The van der Waals surface area contributed by atoms with Crippen LogP contribution in [0.1, 0.15) is 53.3 Å². The summed E-state index contributed by atoms with van der Waals surface area (Å²) in [6.07, 6.45) is 9.36. The lowest BCUT2D eigenvalue weighted by Crippen LogP contribution is -2.21. The molecule has 108 valence electrons. The van der Waals surface area contributed by atoms with E-state index in [0.29, 0.717) is 6.04 Å². The molecule has 1 unspecified atom stereocenters. The van der Waals surface area contributed by atoms with Crippen molar-refractivity contribution < 1.29 is 4.42 Å². The van der Waals surface area contributed by atoms with Crippen molar-refractivity contribution in [1.29, 1.82) is 0 Å². The Morgan fingerprint density at radius 1 is 1.30 bits per heavy atom. The topological polar surface area (TPSA) is 25.2 Å². The molecule has 1 atom stereocenters. The molecule has 3 heteroatoms. The summed E-state index contributed by atoms with van der Waals surface area (Å²) in [5, 5.41) is 3.61. The van der Waals surface area contributed by atoms with Crippen LogP contribution >= 0.6 is 11.3 Å². The van der Waals surface area contributed by atoms with Crippen LogP contribution in [-0.2, 0) is 19.3 Å². The quantitative estimate of drug-likeness (QED) is 0.820. The fraction of sp³-hybridized carbons (Fsp3) is 0.529. The van der Waals surface area contributed by atoms with Crippen LogP contribution in [-0.4, -0.2) is 6.54 Å². The van der Waals surface area contributed by atoms with Gasteiger partial charge in [0.25, 0.3) is 0 Å². The van der Waals surface area contributed by atoms with Gasteiger partial charge in [-0.1, -0.05) is 13.3 Å². The lowest BCUT2D eigenvalue weighted by Gasteiger charge is -2.15. The van der Waals surface area contributed by atoms with Crippen molar-refractivity contribution in [2.75, 3.05) is 6.54 Å². The third-order valence-corrected chi connectivity index (χ3v) is 5.40. The van der Waals surface area contributed by atoms with Crippen molar-refractivity contribution >= 4 is 11.3 Å². The monoisotopic (exact) mass is 289 g/mol. The minimum absolute atomic E-state index is 0.392. The zero-order valence-electron chi connectivity index (χ0n) is 12.2. The maximum absolute atomic E-state index is 5.52. The highest BCUT2D eigenvalue weighted by Gasteiger charge is 2.19. The van der Waals surface area contributed by atoms with E-state index in [1.807, 2.05) is 17.4 Å². The number of fused-ring (bicyclic) bond motifs is 1. The third kappa shape index (κ3) is 3.15. The smallest absolute Gasteiger partial charge is 0.105 e. The lowest BCUT2D eigenvalue weighted by molar-refractivity contribution is 0.458. The zero-order chi connectivity index (χ0) is 13.8. The van der Waals surface area contributed by atoms with E-state index in [1.54, 1.807) is 16.7 Å². The molecule has 2 aromatic rings. The van der Waals surface area contributed by atoms with Crippen LogP contribution in [0.2, 0.25) is 0 Å². The first kappa shape index (κ1) is 13.9.